The molecule has 4 N–H and O–H groups in total. The van der Waals surface area contributed by atoms with E-state index in [0.717, 1.165) is 11.1 Å². The Morgan fingerprint density at radius 3 is 2.15 bits per heavy atom. The lowest BCUT2D eigenvalue weighted by molar-refractivity contribution is -0.118. The van der Waals surface area contributed by atoms with Crippen molar-refractivity contribution in [2.45, 2.75) is 18.9 Å². The van der Waals surface area contributed by atoms with Crippen molar-refractivity contribution in [2.75, 3.05) is 43.1 Å². The quantitative estimate of drug-likeness (QED) is 0.245. The van der Waals surface area contributed by atoms with Crippen LogP contribution in [0, 0.1) is 6.92 Å². The van der Waals surface area contributed by atoms with Crippen LogP contribution in [0.25, 0.3) is 11.4 Å². The molecule has 178 valence electrons. The van der Waals surface area contributed by atoms with Crippen molar-refractivity contribution < 1.29 is 9.59 Å². The fraction of sp³-hybridized carbons (Fsp3) is 0.292. The Kier molecular flexibility index (Phi) is 9.21. The van der Waals surface area contributed by atoms with E-state index in [-0.39, 0.29) is 11.8 Å². The van der Waals surface area contributed by atoms with Crippen molar-refractivity contribution in [3.05, 3.63) is 59.8 Å². The summed E-state index contributed by atoms with van der Waals surface area (Å²) in [5.74, 6) is 1.71. The first kappa shape index (κ1) is 25.0. The highest BCUT2D eigenvalue weighted by Crippen LogP contribution is 2.25. The number of nitrogens with one attached hydrogen (secondary N) is 4. The molecule has 9 nitrogen and oxygen atoms in total. The molecular formula is C24H29N7O2S. The van der Waals surface area contributed by atoms with Gasteiger partial charge in [0.1, 0.15) is 16.7 Å². The molecule has 0 unspecified atom stereocenters. The van der Waals surface area contributed by atoms with Gasteiger partial charge in [-0.05, 0) is 25.3 Å². The molecule has 0 aliphatic carbocycles. The molecule has 0 saturated heterocycles. The number of pyridine rings is 1. The Balaban J connectivity index is 1.68. The summed E-state index contributed by atoms with van der Waals surface area (Å²) in [6.45, 7) is 5.33. The van der Waals surface area contributed by atoms with Gasteiger partial charge < -0.3 is 21.3 Å². The van der Waals surface area contributed by atoms with Crippen LogP contribution in [0.3, 0.4) is 0 Å². The molecule has 2 aromatic heterocycles. The predicted octanol–water partition coefficient (Wildman–Crippen LogP) is 2.96. The van der Waals surface area contributed by atoms with E-state index in [4.69, 9.17) is 4.98 Å². The van der Waals surface area contributed by atoms with Gasteiger partial charge in [0.25, 0.3) is 5.91 Å². The lowest BCUT2D eigenvalue weighted by Crippen LogP contribution is -2.29. The smallest absolute Gasteiger partial charge is 0.254 e. The zero-order valence-electron chi connectivity index (χ0n) is 19.5. The molecular weight excluding hydrogens is 450 g/mol. The Bertz CT molecular complexity index is 1130. The summed E-state index contributed by atoms with van der Waals surface area (Å²) in [6, 6.07) is 13.2. The third kappa shape index (κ3) is 6.92. The molecule has 0 saturated carbocycles. The monoisotopic (exact) mass is 479 g/mol. The highest BCUT2D eigenvalue weighted by Gasteiger charge is 2.13. The number of anilines is 2. The normalized spacial score (nSPS) is 10.4. The third-order valence-electron chi connectivity index (χ3n) is 4.88. The fourth-order valence-electron chi connectivity index (χ4n) is 3.18. The molecule has 34 heavy (non-hydrogen) atoms. The van der Waals surface area contributed by atoms with E-state index in [9.17, 15) is 9.59 Å². The number of thioether (sulfide) groups is 1. The van der Waals surface area contributed by atoms with Crippen molar-refractivity contribution in [1.82, 2.24) is 25.6 Å². The molecule has 10 heteroatoms. The lowest BCUT2D eigenvalue weighted by Gasteiger charge is -2.16. The van der Waals surface area contributed by atoms with E-state index in [0.29, 0.717) is 54.2 Å². The van der Waals surface area contributed by atoms with Crippen LogP contribution < -0.4 is 21.3 Å². The largest absolute Gasteiger partial charge is 0.368 e. The van der Waals surface area contributed by atoms with Crippen molar-refractivity contribution in [1.29, 1.82) is 0 Å². The molecule has 2 heterocycles. The van der Waals surface area contributed by atoms with E-state index in [2.05, 4.69) is 31.2 Å². The summed E-state index contributed by atoms with van der Waals surface area (Å²) in [5.41, 5.74) is 2.31. The highest BCUT2D eigenvalue weighted by molar-refractivity contribution is 7.98. The molecule has 0 bridgehead atoms. The third-order valence-corrected chi connectivity index (χ3v) is 5.59. The molecule has 3 aromatic rings. The standard InChI is InChI=1S/C24H29N7O2S/c1-16-20(26-13-12-25-17(2)32)30-22(18-8-5-4-6-9-18)31-21(16)27-14-15-28-23(33)19-10-7-11-29-24(19)34-3/h4-11H,12-15H2,1-3H3,(H,25,32)(H,28,33)(H2,26,27,30,31). The maximum absolute atomic E-state index is 12.5. The van der Waals surface area contributed by atoms with Crippen LogP contribution in [0.1, 0.15) is 22.8 Å². The van der Waals surface area contributed by atoms with Crippen LogP contribution in [0.5, 0.6) is 0 Å². The number of nitrogens with zero attached hydrogens (tertiary/aromatic N) is 3. The molecule has 3 rings (SSSR count). The molecule has 1 aromatic carbocycles. The van der Waals surface area contributed by atoms with Gasteiger partial charge in [-0.25, -0.2) is 15.0 Å². The minimum Gasteiger partial charge on any atom is -0.368 e. The van der Waals surface area contributed by atoms with E-state index in [1.807, 2.05) is 43.5 Å². The minimum absolute atomic E-state index is 0.0773. The van der Waals surface area contributed by atoms with E-state index >= 15 is 0 Å². The second-order valence-electron chi connectivity index (χ2n) is 7.39. The van der Waals surface area contributed by atoms with Crippen LogP contribution in [0.15, 0.2) is 53.7 Å². The molecule has 0 fully saturated rings. The van der Waals surface area contributed by atoms with Gasteiger partial charge in [0, 0.05) is 50.4 Å². The number of rotatable bonds is 11. The Morgan fingerprint density at radius 1 is 0.882 bits per heavy atom. The number of benzene rings is 1. The maximum Gasteiger partial charge on any atom is 0.254 e. The van der Waals surface area contributed by atoms with Crippen LogP contribution in [0.4, 0.5) is 11.6 Å². The average Bonchev–Trinajstić information content (AvgIpc) is 2.86. The van der Waals surface area contributed by atoms with Gasteiger partial charge in [0.2, 0.25) is 5.91 Å². The molecule has 0 radical (unpaired) electrons. The summed E-state index contributed by atoms with van der Waals surface area (Å²) < 4.78 is 0. The van der Waals surface area contributed by atoms with Crippen molar-refractivity contribution in [3.63, 3.8) is 0 Å². The number of hydrogen-bond acceptors (Lipinski definition) is 8. The zero-order chi connectivity index (χ0) is 24.3. The van der Waals surface area contributed by atoms with Crippen molar-refractivity contribution in [2.24, 2.45) is 0 Å². The number of aromatic nitrogens is 3. The van der Waals surface area contributed by atoms with Gasteiger partial charge in [-0.15, -0.1) is 11.8 Å². The second kappa shape index (κ2) is 12.5. The summed E-state index contributed by atoms with van der Waals surface area (Å²) in [6.07, 6.45) is 3.57. The SMILES string of the molecule is CSc1ncccc1C(=O)NCCNc1nc(-c2ccccc2)nc(NCCNC(C)=O)c1C. The number of carbonyl (C=O) groups excluding carboxylic acids is 2. The number of hydrogen-bond donors (Lipinski definition) is 4. The molecule has 0 spiro atoms. The van der Waals surface area contributed by atoms with Gasteiger partial charge in [-0.2, -0.15) is 0 Å². The van der Waals surface area contributed by atoms with Crippen LogP contribution in [-0.4, -0.2) is 59.2 Å². The lowest BCUT2D eigenvalue weighted by atomic mass is 10.2. The maximum atomic E-state index is 12.5. The van der Waals surface area contributed by atoms with Gasteiger partial charge in [0.05, 0.1) is 5.56 Å². The Morgan fingerprint density at radius 2 is 1.53 bits per heavy atom. The summed E-state index contributed by atoms with van der Waals surface area (Å²) in [5, 5.41) is 13.0. The second-order valence-corrected chi connectivity index (χ2v) is 8.18. The average molecular weight is 480 g/mol. The molecule has 0 aliphatic rings. The van der Waals surface area contributed by atoms with E-state index < -0.39 is 0 Å². The van der Waals surface area contributed by atoms with Crippen LogP contribution >= 0.6 is 11.8 Å². The zero-order valence-corrected chi connectivity index (χ0v) is 20.3. The van der Waals surface area contributed by atoms with Crippen molar-refractivity contribution in [3.8, 4) is 11.4 Å². The van der Waals surface area contributed by atoms with E-state index in [1.54, 1.807) is 18.3 Å². The summed E-state index contributed by atoms with van der Waals surface area (Å²) in [7, 11) is 0. The van der Waals surface area contributed by atoms with Crippen molar-refractivity contribution >= 4 is 35.2 Å². The molecule has 2 amide bonds. The van der Waals surface area contributed by atoms with Gasteiger partial charge >= 0.3 is 0 Å². The highest BCUT2D eigenvalue weighted by atomic mass is 32.2. The number of carbonyl (C=O) groups is 2. The van der Waals surface area contributed by atoms with Gasteiger partial charge in [-0.3, -0.25) is 9.59 Å². The van der Waals surface area contributed by atoms with Crippen LogP contribution in [-0.2, 0) is 4.79 Å². The van der Waals surface area contributed by atoms with Gasteiger partial charge in [0.15, 0.2) is 5.82 Å². The topological polar surface area (TPSA) is 121 Å². The van der Waals surface area contributed by atoms with E-state index in [1.165, 1.54) is 18.7 Å². The molecule has 0 aliphatic heterocycles. The Labute approximate surface area is 203 Å². The van der Waals surface area contributed by atoms with Gasteiger partial charge in [-0.1, -0.05) is 30.3 Å². The summed E-state index contributed by atoms with van der Waals surface area (Å²) in [4.78, 5) is 37.3. The number of amides is 2. The fourth-order valence-corrected chi connectivity index (χ4v) is 3.72. The first-order valence-electron chi connectivity index (χ1n) is 10.9. The Hall–Kier alpha value is -3.66. The van der Waals surface area contributed by atoms with Crippen LogP contribution in [0.2, 0.25) is 0 Å². The first-order chi connectivity index (χ1) is 16.5. The summed E-state index contributed by atoms with van der Waals surface area (Å²) >= 11 is 1.44. The predicted molar refractivity (Wildman–Crippen MR) is 136 cm³/mol. The molecule has 0 atom stereocenters. The minimum atomic E-state index is -0.163. The first-order valence-corrected chi connectivity index (χ1v) is 12.2.